The third-order valence-corrected chi connectivity index (χ3v) is 4.86. The first-order valence-electron chi connectivity index (χ1n) is 6.33. The topological polar surface area (TPSA) is 61.1 Å². The summed E-state index contributed by atoms with van der Waals surface area (Å²) in [5, 5.41) is 0.528. The predicted octanol–water partition coefficient (Wildman–Crippen LogP) is 1.70. The Bertz CT molecular complexity index is 793. The van der Waals surface area contributed by atoms with Gasteiger partial charge in [0.25, 0.3) is 5.56 Å². The minimum Gasteiger partial charge on any atom is -0.297 e. The van der Waals surface area contributed by atoms with Crippen LogP contribution in [-0.2, 0) is 6.54 Å². The highest BCUT2D eigenvalue weighted by atomic mass is 32.1. The molecule has 0 saturated heterocycles. The molecular formula is C13H14N2O3S. The Morgan fingerprint density at radius 1 is 1.37 bits per heavy atom. The maximum Gasteiger partial charge on any atom is 0.332 e. The molecule has 3 rings (SSSR count). The highest BCUT2D eigenvalue weighted by molar-refractivity contribution is 7.20. The average Bonchev–Trinajstić information content (AvgIpc) is 3.14. The van der Waals surface area contributed by atoms with Crippen LogP contribution in [0.1, 0.15) is 41.0 Å². The van der Waals surface area contributed by atoms with E-state index < -0.39 is 0 Å². The van der Waals surface area contributed by atoms with Gasteiger partial charge < -0.3 is 0 Å². The summed E-state index contributed by atoms with van der Waals surface area (Å²) in [5.41, 5.74) is 0.201. The predicted molar refractivity (Wildman–Crippen MR) is 74.4 cm³/mol. The Balaban J connectivity index is 2.54. The average molecular weight is 278 g/mol. The SMILES string of the molecule is CCn1c(=O)n(C2CC2)c(=O)c2c(C)c(C=O)sc21. The molecule has 2 heterocycles. The number of fused-ring (bicyclic) bond motifs is 1. The zero-order valence-corrected chi connectivity index (χ0v) is 11.6. The number of hydrogen-bond acceptors (Lipinski definition) is 4. The second-order valence-corrected chi connectivity index (χ2v) is 5.85. The Hall–Kier alpha value is -1.69. The van der Waals surface area contributed by atoms with Crippen molar-refractivity contribution in [3.05, 3.63) is 31.3 Å². The van der Waals surface area contributed by atoms with Gasteiger partial charge in [-0.15, -0.1) is 11.3 Å². The minimum absolute atomic E-state index is 0.0428. The van der Waals surface area contributed by atoms with E-state index in [1.54, 1.807) is 11.5 Å². The number of aryl methyl sites for hydroxylation is 2. The van der Waals surface area contributed by atoms with E-state index in [2.05, 4.69) is 0 Å². The summed E-state index contributed by atoms with van der Waals surface area (Å²) in [7, 11) is 0. The smallest absolute Gasteiger partial charge is 0.297 e. The molecule has 0 amide bonds. The van der Waals surface area contributed by atoms with Crippen LogP contribution >= 0.6 is 11.3 Å². The lowest BCUT2D eigenvalue weighted by molar-refractivity contribution is 0.112. The van der Waals surface area contributed by atoms with Crippen molar-refractivity contribution in [2.45, 2.75) is 39.3 Å². The van der Waals surface area contributed by atoms with Crippen LogP contribution in [0.15, 0.2) is 9.59 Å². The van der Waals surface area contributed by atoms with E-state index in [1.807, 2.05) is 6.92 Å². The first-order valence-corrected chi connectivity index (χ1v) is 7.15. The quantitative estimate of drug-likeness (QED) is 0.803. The van der Waals surface area contributed by atoms with Gasteiger partial charge in [0.1, 0.15) is 4.83 Å². The van der Waals surface area contributed by atoms with Gasteiger partial charge >= 0.3 is 5.69 Å². The molecular weight excluding hydrogens is 264 g/mol. The van der Waals surface area contributed by atoms with E-state index in [1.165, 1.54) is 15.9 Å². The van der Waals surface area contributed by atoms with Crippen LogP contribution < -0.4 is 11.2 Å². The number of rotatable bonds is 3. The van der Waals surface area contributed by atoms with Gasteiger partial charge in [0.15, 0.2) is 6.29 Å². The van der Waals surface area contributed by atoms with Crippen molar-refractivity contribution < 1.29 is 4.79 Å². The molecule has 0 spiro atoms. The molecule has 5 nitrogen and oxygen atoms in total. The first kappa shape index (κ1) is 12.3. The lowest BCUT2D eigenvalue weighted by Crippen LogP contribution is -2.39. The third-order valence-electron chi connectivity index (χ3n) is 3.62. The van der Waals surface area contributed by atoms with E-state index in [0.29, 0.717) is 27.2 Å². The molecule has 1 aliphatic carbocycles. The van der Waals surface area contributed by atoms with E-state index in [4.69, 9.17) is 0 Å². The fourth-order valence-corrected chi connectivity index (χ4v) is 3.60. The van der Waals surface area contributed by atoms with Crippen LogP contribution in [0, 0.1) is 6.92 Å². The molecule has 0 aromatic carbocycles. The Kier molecular flexibility index (Phi) is 2.70. The molecule has 0 aliphatic heterocycles. The van der Waals surface area contributed by atoms with Crippen LogP contribution in [0.3, 0.4) is 0 Å². The van der Waals surface area contributed by atoms with Crippen molar-refractivity contribution in [3.8, 4) is 0 Å². The molecule has 1 saturated carbocycles. The van der Waals surface area contributed by atoms with Crippen molar-refractivity contribution >= 4 is 27.8 Å². The van der Waals surface area contributed by atoms with Crippen LogP contribution in [0.4, 0.5) is 0 Å². The normalized spacial score (nSPS) is 15.1. The molecule has 2 aromatic rings. The summed E-state index contributed by atoms with van der Waals surface area (Å²) >= 11 is 1.23. The summed E-state index contributed by atoms with van der Waals surface area (Å²) in [4.78, 5) is 37.0. The highest BCUT2D eigenvalue weighted by Crippen LogP contribution is 2.33. The second-order valence-electron chi connectivity index (χ2n) is 4.82. The molecule has 0 bridgehead atoms. The van der Waals surface area contributed by atoms with Gasteiger partial charge in [0, 0.05) is 12.6 Å². The van der Waals surface area contributed by atoms with Crippen molar-refractivity contribution in [1.82, 2.24) is 9.13 Å². The van der Waals surface area contributed by atoms with Crippen molar-refractivity contribution in [2.24, 2.45) is 0 Å². The van der Waals surface area contributed by atoms with Crippen molar-refractivity contribution in [3.63, 3.8) is 0 Å². The van der Waals surface area contributed by atoms with Crippen molar-refractivity contribution in [2.75, 3.05) is 0 Å². The van der Waals surface area contributed by atoms with Gasteiger partial charge in [-0.3, -0.25) is 18.7 Å². The molecule has 2 aromatic heterocycles. The van der Waals surface area contributed by atoms with Crippen LogP contribution in [0.2, 0.25) is 0 Å². The van der Waals surface area contributed by atoms with E-state index >= 15 is 0 Å². The fourth-order valence-electron chi connectivity index (χ4n) is 2.43. The zero-order chi connectivity index (χ0) is 13.7. The highest BCUT2D eigenvalue weighted by Gasteiger charge is 2.29. The Labute approximate surface area is 113 Å². The number of aldehydes is 1. The lowest BCUT2D eigenvalue weighted by atomic mass is 10.2. The number of aromatic nitrogens is 2. The summed E-state index contributed by atoms with van der Waals surface area (Å²) in [5.74, 6) is 0. The standard InChI is InChI=1S/C13H14N2O3S/c1-3-14-12-10(7(2)9(6-16)19-12)11(17)15(13(14)18)8-4-5-8/h6,8H,3-5H2,1-2H3. The van der Waals surface area contributed by atoms with Gasteiger partial charge in [-0.25, -0.2) is 4.79 Å². The molecule has 1 fully saturated rings. The van der Waals surface area contributed by atoms with Gasteiger partial charge in [0.2, 0.25) is 0 Å². The number of thiophene rings is 1. The maximum absolute atomic E-state index is 12.5. The van der Waals surface area contributed by atoms with Crippen LogP contribution in [-0.4, -0.2) is 15.4 Å². The van der Waals surface area contributed by atoms with Crippen LogP contribution in [0.25, 0.3) is 10.2 Å². The largest absolute Gasteiger partial charge is 0.332 e. The monoisotopic (exact) mass is 278 g/mol. The van der Waals surface area contributed by atoms with E-state index in [-0.39, 0.29) is 17.3 Å². The number of carbonyl (C=O) groups is 1. The van der Waals surface area contributed by atoms with E-state index in [9.17, 15) is 14.4 Å². The maximum atomic E-state index is 12.5. The fraction of sp³-hybridized carbons (Fsp3) is 0.462. The van der Waals surface area contributed by atoms with Crippen molar-refractivity contribution in [1.29, 1.82) is 0 Å². The van der Waals surface area contributed by atoms with Gasteiger partial charge in [-0.1, -0.05) is 0 Å². The summed E-state index contributed by atoms with van der Waals surface area (Å²) < 4.78 is 2.96. The molecule has 0 radical (unpaired) electrons. The molecule has 19 heavy (non-hydrogen) atoms. The lowest BCUT2D eigenvalue weighted by Gasteiger charge is -2.09. The zero-order valence-electron chi connectivity index (χ0n) is 10.8. The molecule has 1 aliphatic rings. The van der Waals surface area contributed by atoms with Crippen LogP contribution in [0.5, 0.6) is 0 Å². The third kappa shape index (κ3) is 1.63. The second kappa shape index (κ2) is 4.16. The number of carbonyl (C=O) groups excluding carboxylic acids is 1. The van der Waals surface area contributed by atoms with E-state index in [0.717, 1.165) is 19.1 Å². The molecule has 0 unspecified atom stereocenters. The molecule has 100 valence electrons. The molecule has 0 atom stereocenters. The van der Waals surface area contributed by atoms with Gasteiger partial charge in [-0.05, 0) is 32.3 Å². The first-order chi connectivity index (χ1) is 9.10. The minimum atomic E-state index is -0.249. The number of hydrogen-bond donors (Lipinski definition) is 0. The Morgan fingerprint density at radius 2 is 2.05 bits per heavy atom. The van der Waals surface area contributed by atoms with Gasteiger partial charge in [-0.2, -0.15) is 0 Å². The summed E-state index contributed by atoms with van der Waals surface area (Å²) in [6.07, 6.45) is 2.52. The number of nitrogens with zero attached hydrogens (tertiary/aromatic N) is 2. The Morgan fingerprint density at radius 3 is 2.58 bits per heavy atom. The van der Waals surface area contributed by atoms with Gasteiger partial charge in [0.05, 0.1) is 10.3 Å². The molecule has 0 N–H and O–H groups in total. The molecule has 6 heteroatoms. The summed E-state index contributed by atoms with van der Waals surface area (Å²) in [6, 6.07) is 0.0428. The summed E-state index contributed by atoms with van der Waals surface area (Å²) in [6.45, 7) is 4.14.